The normalized spacial score (nSPS) is 15.5. The first-order chi connectivity index (χ1) is 9.16. The molecule has 1 amide bonds. The van der Waals surface area contributed by atoms with Crippen molar-refractivity contribution in [3.8, 4) is 0 Å². The minimum absolute atomic E-state index is 0.141. The molecular formula is C15H9Cl2NO. The van der Waals surface area contributed by atoms with Crippen LogP contribution < -0.4 is 5.32 Å². The zero-order chi connectivity index (χ0) is 13.4. The van der Waals surface area contributed by atoms with Gasteiger partial charge in [0.25, 0.3) is 5.91 Å². The molecule has 0 saturated carbocycles. The topological polar surface area (TPSA) is 29.1 Å². The van der Waals surface area contributed by atoms with Gasteiger partial charge in [-0.05, 0) is 24.3 Å². The van der Waals surface area contributed by atoms with E-state index >= 15 is 0 Å². The lowest BCUT2D eigenvalue weighted by Crippen LogP contribution is -2.03. The molecule has 0 radical (unpaired) electrons. The number of para-hydroxylation sites is 1. The molecule has 0 spiro atoms. The van der Waals surface area contributed by atoms with Crippen molar-refractivity contribution in [3.63, 3.8) is 0 Å². The van der Waals surface area contributed by atoms with E-state index in [1.165, 1.54) is 0 Å². The van der Waals surface area contributed by atoms with E-state index in [9.17, 15) is 4.79 Å². The minimum Gasteiger partial charge on any atom is -0.321 e. The number of halogens is 2. The van der Waals surface area contributed by atoms with E-state index in [2.05, 4.69) is 5.32 Å². The van der Waals surface area contributed by atoms with Gasteiger partial charge in [0.1, 0.15) is 0 Å². The summed E-state index contributed by atoms with van der Waals surface area (Å²) in [5.74, 6) is -0.141. The van der Waals surface area contributed by atoms with Crippen molar-refractivity contribution in [3.05, 3.63) is 63.6 Å². The van der Waals surface area contributed by atoms with Crippen LogP contribution in [0.3, 0.4) is 0 Å². The fourth-order valence-corrected chi connectivity index (χ4v) is 2.58. The van der Waals surface area contributed by atoms with Crippen molar-refractivity contribution in [2.75, 3.05) is 5.32 Å². The monoisotopic (exact) mass is 289 g/mol. The Kier molecular flexibility index (Phi) is 3.05. The van der Waals surface area contributed by atoms with Gasteiger partial charge in [-0.15, -0.1) is 0 Å². The average Bonchev–Trinajstić information content (AvgIpc) is 2.70. The predicted octanol–water partition coefficient (Wildman–Crippen LogP) is 4.49. The third kappa shape index (κ3) is 2.14. The number of carbonyl (C=O) groups is 1. The lowest BCUT2D eigenvalue weighted by atomic mass is 10.0. The number of benzene rings is 2. The molecule has 0 aliphatic carbocycles. The van der Waals surface area contributed by atoms with Gasteiger partial charge in [-0.25, -0.2) is 0 Å². The summed E-state index contributed by atoms with van der Waals surface area (Å²) in [5, 5.41) is 3.86. The van der Waals surface area contributed by atoms with Gasteiger partial charge in [0.15, 0.2) is 0 Å². The standard InChI is InChI=1S/C15H9Cl2NO/c16-12-5-3-6-13(17)11(12)8-10-9-4-1-2-7-14(9)18-15(10)19/h1-8H,(H,18,19)/b10-8-. The first-order valence-electron chi connectivity index (χ1n) is 5.73. The Morgan fingerprint density at radius 1 is 0.947 bits per heavy atom. The van der Waals surface area contributed by atoms with Crippen molar-refractivity contribution in [1.29, 1.82) is 0 Å². The maximum absolute atomic E-state index is 12.0. The molecule has 0 aromatic heterocycles. The van der Waals surface area contributed by atoms with E-state index in [0.29, 0.717) is 21.2 Å². The summed E-state index contributed by atoms with van der Waals surface area (Å²) in [5.41, 5.74) is 2.91. The molecule has 1 aliphatic rings. The summed E-state index contributed by atoms with van der Waals surface area (Å²) >= 11 is 12.2. The van der Waals surface area contributed by atoms with Crippen molar-refractivity contribution in [2.24, 2.45) is 0 Å². The fourth-order valence-electron chi connectivity index (χ4n) is 2.08. The molecule has 0 atom stereocenters. The fraction of sp³-hybridized carbons (Fsp3) is 0. The summed E-state index contributed by atoms with van der Waals surface area (Å²) in [4.78, 5) is 12.0. The Hall–Kier alpha value is -1.77. The first-order valence-corrected chi connectivity index (χ1v) is 6.49. The Balaban J connectivity index is 2.17. The zero-order valence-corrected chi connectivity index (χ0v) is 11.3. The van der Waals surface area contributed by atoms with E-state index in [1.54, 1.807) is 24.3 Å². The van der Waals surface area contributed by atoms with Gasteiger partial charge in [0.05, 0.1) is 0 Å². The third-order valence-electron chi connectivity index (χ3n) is 3.00. The molecule has 94 valence electrons. The zero-order valence-electron chi connectivity index (χ0n) is 9.78. The molecule has 0 fully saturated rings. The molecule has 1 heterocycles. The van der Waals surface area contributed by atoms with Crippen LogP contribution in [0.5, 0.6) is 0 Å². The largest absolute Gasteiger partial charge is 0.321 e. The van der Waals surface area contributed by atoms with E-state index in [4.69, 9.17) is 23.2 Å². The van der Waals surface area contributed by atoms with Gasteiger partial charge in [0.2, 0.25) is 0 Å². The van der Waals surface area contributed by atoms with Gasteiger partial charge >= 0.3 is 0 Å². The molecule has 1 N–H and O–H groups in total. The number of hydrogen-bond donors (Lipinski definition) is 1. The maximum atomic E-state index is 12.0. The summed E-state index contributed by atoms with van der Waals surface area (Å²) in [6.45, 7) is 0. The number of carbonyl (C=O) groups excluding carboxylic acids is 1. The van der Waals surface area contributed by atoms with Crippen molar-refractivity contribution in [2.45, 2.75) is 0 Å². The van der Waals surface area contributed by atoms with Crippen LogP contribution in [0.1, 0.15) is 11.1 Å². The van der Waals surface area contributed by atoms with Crippen LogP contribution >= 0.6 is 23.2 Å². The van der Waals surface area contributed by atoms with Crippen LogP contribution in [-0.2, 0) is 4.79 Å². The molecule has 0 unspecified atom stereocenters. The first kappa shape index (κ1) is 12.3. The second-order valence-electron chi connectivity index (χ2n) is 4.19. The molecule has 1 aliphatic heterocycles. The predicted molar refractivity (Wildman–Crippen MR) is 79.4 cm³/mol. The summed E-state index contributed by atoms with van der Waals surface area (Å²) in [7, 11) is 0. The number of hydrogen-bond acceptors (Lipinski definition) is 1. The summed E-state index contributed by atoms with van der Waals surface area (Å²) < 4.78 is 0. The van der Waals surface area contributed by atoms with Crippen LogP contribution in [0.25, 0.3) is 11.6 Å². The molecule has 2 nitrogen and oxygen atoms in total. The van der Waals surface area contributed by atoms with Crippen LogP contribution in [0, 0.1) is 0 Å². The van der Waals surface area contributed by atoms with Gasteiger partial charge in [-0.2, -0.15) is 0 Å². The lowest BCUT2D eigenvalue weighted by molar-refractivity contribution is -0.110. The highest BCUT2D eigenvalue weighted by molar-refractivity contribution is 6.40. The molecule has 0 bridgehead atoms. The number of amides is 1. The van der Waals surface area contributed by atoms with E-state index < -0.39 is 0 Å². The minimum atomic E-state index is -0.141. The highest BCUT2D eigenvalue weighted by atomic mass is 35.5. The molecule has 2 aromatic carbocycles. The van der Waals surface area contributed by atoms with Crippen LogP contribution in [0.2, 0.25) is 10.0 Å². The SMILES string of the molecule is O=C1Nc2ccccc2/C1=C/c1c(Cl)cccc1Cl. The Morgan fingerprint density at radius 3 is 2.37 bits per heavy atom. The van der Waals surface area contributed by atoms with Crippen molar-refractivity contribution >= 4 is 46.4 Å². The molecule has 4 heteroatoms. The Labute approximate surface area is 120 Å². The van der Waals surface area contributed by atoms with Gasteiger partial charge in [-0.1, -0.05) is 47.5 Å². The molecular weight excluding hydrogens is 281 g/mol. The smallest absolute Gasteiger partial charge is 0.256 e. The van der Waals surface area contributed by atoms with E-state index in [1.807, 2.05) is 24.3 Å². The van der Waals surface area contributed by atoms with E-state index in [-0.39, 0.29) is 5.91 Å². The highest BCUT2D eigenvalue weighted by Gasteiger charge is 2.23. The van der Waals surface area contributed by atoms with Crippen LogP contribution in [0.15, 0.2) is 42.5 Å². The Morgan fingerprint density at radius 2 is 1.63 bits per heavy atom. The molecule has 0 saturated heterocycles. The molecule has 3 rings (SSSR count). The van der Waals surface area contributed by atoms with Crippen LogP contribution in [-0.4, -0.2) is 5.91 Å². The number of rotatable bonds is 1. The quantitative estimate of drug-likeness (QED) is 0.770. The van der Waals surface area contributed by atoms with Crippen molar-refractivity contribution < 1.29 is 4.79 Å². The summed E-state index contributed by atoms with van der Waals surface area (Å²) in [6.07, 6.45) is 1.73. The highest BCUT2D eigenvalue weighted by Crippen LogP contribution is 2.35. The second kappa shape index (κ2) is 4.72. The third-order valence-corrected chi connectivity index (χ3v) is 3.66. The van der Waals surface area contributed by atoms with Gasteiger partial charge in [-0.3, -0.25) is 4.79 Å². The van der Waals surface area contributed by atoms with Gasteiger partial charge in [0, 0.05) is 32.4 Å². The maximum Gasteiger partial charge on any atom is 0.256 e. The van der Waals surface area contributed by atoms with E-state index in [0.717, 1.165) is 11.3 Å². The van der Waals surface area contributed by atoms with Crippen LogP contribution in [0.4, 0.5) is 5.69 Å². The summed E-state index contributed by atoms with van der Waals surface area (Å²) in [6, 6.07) is 12.8. The molecule has 19 heavy (non-hydrogen) atoms. The number of fused-ring (bicyclic) bond motifs is 1. The molecule has 2 aromatic rings. The van der Waals surface area contributed by atoms with Gasteiger partial charge < -0.3 is 5.32 Å². The lowest BCUT2D eigenvalue weighted by Gasteiger charge is -2.03. The van der Waals surface area contributed by atoms with Crippen molar-refractivity contribution in [1.82, 2.24) is 0 Å². The second-order valence-corrected chi connectivity index (χ2v) is 5.01. The average molecular weight is 290 g/mol. The number of nitrogens with one attached hydrogen (secondary N) is 1. The number of anilines is 1. The Bertz CT molecular complexity index is 687.